The smallest absolute Gasteiger partial charge is 0.315 e. The molecule has 146 valence electrons. The molecule has 0 aliphatic rings. The van der Waals surface area contributed by atoms with Crippen molar-refractivity contribution in [1.29, 1.82) is 0 Å². The third kappa shape index (κ3) is 5.19. The Kier molecular flexibility index (Phi) is 6.42. The van der Waals surface area contributed by atoms with Crippen LogP contribution in [0.25, 0.3) is 0 Å². The normalized spacial score (nSPS) is 13.0. The minimum atomic E-state index is -0.544. The topological polar surface area (TPSA) is 59.0 Å². The van der Waals surface area contributed by atoms with Crippen molar-refractivity contribution in [1.82, 2.24) is 20.2 Å². The van der Waals surface area contributed by atoms with Gasteiger partial charge in [0.2, 0.25) is 0 Å². The first-order chi connectivity index (χ1) is 13.5. The van der Waals surface area contributed by atoms with E-state index in [2.05, 4.69) is 27.8 Å². The number of hydrogen-bond acceptors (Lipinski definition) is 2. The van der Waals surface area contributed by atoms with Gasteiger partial charge in [-0.15, -0.1) is 0 Å². The highest BCUT2D eigenvalue weighted by molar-refractivity contribution is 5.75. The summed E-state index contributed by atoms with van der Waals surface area (Å²) in [5, 5.41) is 5.90. The number of aryl methyl sites for hydroxylation is 2. The third-order valence-electron chi connectivity index (χ3n) is 4.66. The van der Waals surface area contributed by atoms with Crippen LogP contribution in [-0.2, 0) is 13.5 Å². The molecule has 1 aromatic heterocycles. The molecule has 0 saturated heterocycles. The average Bonchev–Trinajstić information content (AvgIpc) is 3.11. The maximum Gasteiger partial charge on any atom is 0.315 e. The first-order valence-electron chi connectivity index (χ1n) is 9.36. The van der Waals surface area contributed by atoms with E-state index in [-0.39, 0.29) is 17.9 Å². The number of urea groups is 1. The van der Waals surface area contributed by atoms with E-state index < -0.39 is 6.04 Å². The van der Waals surface area contributed by atoms with Crippen molar-refractivity contribution in [3.8, 4) is 0 Å². The van der Waals surface area contributed by atoms with Crippen LogP contribution >= 0.6 is 0 Å². The van der Waals surface area contributed by atoms with Crippen molar-refractivity contribution >= 4 is 6.03 Å². The van der Waals surface area contributed by atoms with Crippen molar-refractivity contribution in [2.24, 2.45) is 7.05 Å². The molecule has 0 radical (unpaired) electrons. The molecule has 0 bridgehead atoms. The Morgan fingerprint density at radius 2 is 1.93 bits per heavy atom. The lowest BCUT2D eigenvalue weighted by Gasteiger charge is -2.21. The zero-order valence-electron chi connectivity index (χ0n) is 16.1. The van der Waals surface area contributed by atoms with Crippen LogP contribution in [0.5, 0.6) is 0 Å². The number of carbonyl (C=O) groups excluding carboxylic acids is 1. The summed E-state index contributed by atoms with van der Waals surface area (Å²) in [5.41, 5.74) is 1.88. The molecule has 1 heterocycles. The molecule has 28 heavy (non-hydrogen) atoms. The second kappa shape index (κ2) is 9.17. The van der Waals surface area contributed by atoms with Crippen LogP contribution in [0, 0.1) is 5.82 Å². The summed E-state index contributed by atoms with van der Waals surface area (Å²) in [6.07, 6.45) is 5.16. The summed E-state index contributed by atoms with van der Waals surface area (Å²) in [6, 6.07) is 15.5. The Balaban J connectivity index is 1.65. The van der Waals surface area contributed by atoms with Crippen LogP contribution in [0.2, 0.25) is 0 Å². The van der Waals surface area contributed by atoms with E-state index in [4.69, 9.17) is 0 Å². The van der Waals surface area contributed by atoms with E-state index in [0.717, 1.165) is 12.8 Å². The second-order valence-electron chi connectivity index (χ2n) is 6.93. The predicted molar refractivity (Wildman–Crippen MR) is 107 cm³/mol. The van der Waals surface area contributed by atoms with Crippen LogP contribution in [0.1, 0.15) is 36.3 Å². The Bertz CT molecular complexity index is 910. The summed E-state index contributed by atoms with van der Waals surface area (Å²) >= 11 is 0. The number of aromatic nitrogens is 2. The third-order valence-corrected chi connectivity index (χ3v) is 4.66. The van der Waals surface area contributed by atoms with Gasteiger partial charge in [-0.25, -0.2) is 14.2 Å². The van der Waals surface area contributed by atoms with E-state index in [9.17, 15) is 9.18 Å². The van der Waals surface area contributed by atoms with Crippen molar-refractivity contribution < 1.29 is 9.18 Å². The number of nitrogens with zero attached hydrogens (tertiary/aromatic N) is 2. The van der Waals surface area contributed by atoms with Crippen molar-refractivity contribution in [2.45, 2.75) is 31.8 Å². The highest BCUT2D eigenvalue weighted by atomic mass is 19.1. The zero-order chi connectivity index (χ0) is 19.9. The lowest BCUT2D eigenvalue weighted by Crippen LogP contribution is -2.43. The molecule has 3 rings (SSSR count). The number of carbonyl (C=O) groups is 1. The van der Waals surface area contributed by atoms with E-state index >= 15 is 0 Å². The first kappa shape index (κ1) is 19.6. The van der Waals surface area contributed by atoms with Crippen LogP contribution in [0.15, 0.2) is 67.0 Å². The first-order valence-corrected chi connectivity index (χ1v) is 9.36. The van der Waals surface area contributed by atoms with Gasteiger partial charge in [0.05, 0.1) is 0 Å². The lowest BCUT2D eigenvalue weighted by molar-refractivity contribution is 0.234. The van der Waals surface area contributed by atoms with Crippen LogP contribution in [0.4, 0.5) is 9.18 Å². The van der Waals surface area contributed by atoms with Crippen molar-refractivity contribution in [3.05, 3.63) is 89.8 Å². The fourth-order valence-corrected chi connectivity index (χ4v) is 3.13. The van der Waals surface area contributed by atoms with E-state index in [1.54, 1.807) is 24.5 Å². The number of benzene rings is 2. The molecule has 0 saturated carbocycles. The highest BCUT2D eigenvalue weighted by Crippen LogP contribution is 2.21. The van der Waals surface area contributed by atoms with Crippen molar-refractivity contribution in [2.75, 3.05) is 0 Å². The zero-order valence-corrected chi connectivity index (χ0v) is 16.1. The molecule has 3 aromatic rings. The molecule has 5 nitrogen and oxygen atoms in total. The average molecular weight is 380 g/mol. The molecule has 0 unspecified atom stereocenters. The maximum absolute atomic E-state index is 13.7. The summed E-state index contributed by atoms with van der Waals surface area (Å²) < 4.78 is 15.5. The Labute approximate surface area is 164 Å². The van der Waals surface area contributed by atoms with Gasteiger partial charge in [-0.1, -0.05) is 42.5 Å². The molecule has 0 spiro atoms. The van der Waals surface area contributed by atoms with E-state index in [0.29, 0.717) is 11.4 Å². The molecule has 6 heteroatoms. The number of nitrogens with one attached hydrogen (secondary N) is 2. The van der Waals surface area contributed by atoms with Gasteiger partial charge in [0.1, 0.15) is 17.7 Å². The monoisotopic (exact) mass is 380 g/mol. The molecule has 2 N–H and O–H groups in total. The van der Waals surface area contributed by atoms with Gasteiger partial charge in [0.25, 0.3) is 0 Å². The van der Waals surface area contributed by atoms with Crippen LogP contribution in [-0.4, -0.2) is 21.6 Å². The molecular formula is C22H25FN4O. The van der Waals surface area contributed by atoms with Gasteiger partial charge in [-0.05, 0) is 43.0 Å². The SMILES string of the molecule is C[C@@H](CCc1ccccc1)NC(=O)N[C@@H](c1cccc(F)c1)c1nccn1C. The number of hydrogen-bond donors (Lipinski definition) is 2. The summed E-state index contributed by atoms with van der Waals surface area (Å²) in [4.78, 5) is 16.9. The molecule has 2 aromatic carbocycles. The quantitative estimate of drug-likeness (QED) is 0.652. The standard InChI is InChI=1S/C22H25FN4O/c1-16(11-12-17-7-4-3-5-8-17)25-22(28)26-20(21-24-13-14-27(21)2)18-9-6-10-19(23)15-18/h3-10,13-16,20H,11-12H2,1-2H3,(H2,25,26,28)/t16-,20-/m0/s1. The fraction of sp³-hybridized carbons (Fsp3) is 0.273. The van der Waals surface area contributed by atoms with Crippen molar-refractivity contribution in [3.63, 3.8) is 0 Å². The highest BCUT2D eigenvalue weighted by Gasteiger charge is 2.21. The minimum absolute atomic E-state index is 0.00487. The molecule has 0 fully saturated rings. The van der Waals surface area contributed by atoms with Gasteiger partial charge in [-0.2, -0.15) is 0 Å². The van der Waals surface area contributed by atoms with E-state index in [1.165, 1.54) is 17.7 Å². The van der Waals surface area contributed by atoms with Gasteiger partial charge in [0, 0.05) is 25.5 Å². The van der Waals surface area contributed by atoms with Crippen LogP contribution in [0.3, 0.4) is 0 Å². The molecular weight excluding hydrogens is 355 g/mol. The van der Waals surface area contributed by atoms with Gasteiger partial charge in [-0.3, -0.25) is 0 Å². The largest absolute Gasteiger partial charge is 0.336 e. The van der Waals surface area contributed by atoms with Gasteiger partial charge < -0.3 is 15.2 Å². The Hall–Kier alpha value is -3.15. The predicted octanol–water partition coefficient (Wildman–Crippen LogP) is 3.97. The summed E-state index contributed by atoms with van der Waals surface area (Å²) in [5.74, 6) is 0.285. The Morgan fingerprint density at radius 3 is 2.61 bits per heavy atom. The molecule has 0 aliphatic carbocycles. The minimum Gasteiger partial charge on any atom is -0.336 e. The molecule has 2 atom stereocenters. The lowest BCUT2D eigenvalue weighted by atomic mass is 10.1. The number of imidazole rings is 1. The molecule has 0 aliphatic heterocycles. The maximum atomic E-state index is 13.7. The fourth-order valence-electron chi connectivity index (χ4n) is 3.13. The van der Waals surface area contributed by atoms with Crippen LogP contribution < -0.4 is 10.6 Å². The molecule has 2 amide bonds. The number of rotatable bonds is 7. The number of halogens is 1. The second-order valence-corrected chi connectivity index (χ2v) is 6.93. The number of amides is 2. The summed E-state index contributed by atoms with van der Waals surface area (Å²) in [7, 11) is 1.84. The van der Waals surface area contributed by atoms with E-state index in [1.807, 2.05) is 36.7 Å². The van der Waals surface area contributed by atoms with Gasteiger partial charge >= 0.3 is 6.03 Å². The van der Waals surface area contributed by atoms with Gasteiger partial charge in [0.15, 0.2) is 0 Å². The Morgan fingerprint density at radius 1 is 1.14 bits per heavy atom. The summed E-state index contributed by atoms with van der Waals surface area (Å²) in [6.45, 7) is 1.97.